The van der Waals surface area contributed by atoms with Crippen molar-refractivity contribution in [3.05, 3.63) is 35.4 Å². The molecule has 1 aliphatic heterocycles. The third kappa shape index (κ3) is 4.73. The van der Waals surface area contributed by atoms with Crippen LogP contribution in [-0.4, -0.2) is 47.9 Å². The molecule has 132 valence electrons. The zero-order valence-corrected chi connectivity index (χ0v) is 15.0. The first-order chi connectivity index (χ1) is 11.5. The minimum Gasteiger partial charge on any atom is -0.352 e. The van der Waals surface area contributed by atoms with Crippen LogP contribution in [0.15, 0.2) is 24.3 Å². The summed E-state index contributed by atoms with van der Waals surface area (Å²) in [5, 5.41) is 3.02. The first-order valence-electron chi connectivity index (χ1n) is 8.92. The van der Waals surface area contributed by atoms with Crippen molar-refractivity contribution < 1.29 is 9.59 Å². The molecule has 3 amide bonds. The van der Waals surface area contributed by atoms with Gasteiger partial charge in [0, 0.05) is 38.6 Å². The van der Waals surface area contributed by atoms with Gasteiger partial charge in [0.1, 0.15) is 0 Å². The predicted molar refractivity (Wildman–Crippen MR) is 95.6 cm³/mol. The average Bonchev–Trinajstić information content (AvgIpc) is 2.62. The number of rotatable bonds is 5. The first kappa shape index (κ1) is 18.3. The normalized spacial score (nSPS) is 15.2. The molecule has 24 heavy (non-hydrogen) atoms. The first-order valence-corrected chi connectivity index (χ1v) is 8.92. The minimum absolute atomic E-state index is 0.0104. The Hall–Kier alpha value is -2.04. The van der Waals surface area contributed by atoms with E-state index < -0.39 is 0 Å². The number of carbonyl (C=O) groups excluding carboxylic acids is 2. The van der Waals surface area contributed by atoms with E-state index in [-0.39, 0.29) is 17.9 Å². The summed E-state index contributed by atoms with van der Waals surface area (Å²) < 4.78 is 0. The maximum Gasteiger partial charge on any atom is 0.319 e. The second-order valence-corrected chi connectivity index (χ2v) is 6.42. The molecule has 2 rings (SSSR count). The quantitative estimate of drug-likeness (QED) is 0.902. The van der Waals surface area contributed by atoms with Gasteiger partial charge >= 0.3 is 6.03 Å². The summed E-state index contributed by atoms with van der Waals surface area (Å²) in [5.41, 5.74) is 2.33. The number of hydrogen-bond acceptors (Lipinski definition) is 2. The largest absolute Gasteiger partial charge is 0.352 e. The Morgan fingerprint density at radius 1 is 1.12 bits per heavy atom. The number of hydrogen-bond donors (Lipinski definition) is 1. The molecule has 1 aliphatic rings. The van der Waals surface area contributed by atoms with Crippen LogP contribution in [0.4, 0.5) is 4.79 Å². The fourth-order valence-corrected chi connectivity index (χ4v) is 3.07. The van der Waals surface area contributed by atoms with Gasteiger partial charge in [0.15, 0.2) is 0 Å². The van der Waals surface area contributed by atoms with E-state index >= 15 is 0 Å². The summed E-state index contributed by atoms with van der Waals surface area (Å²) in [5.74, 6) is 0.113. The number of piperidine rings is 1. The molecule has 1 N–H and O–H groups in total. The van der Waals surface area contributed by atoms with Crippen LogP contribution in [-0.2, 0) is 11.3 Å². The SMILES string of the molecule is CCN(CC)C(=O)N1CCC(C(=O)NCc2ccc(C)cc2)CC1. The Morgan fingerprint density at radius 2 is 1.71 bits per heavy atom. The lowest BCUT2D eigenvalue weighted by Crippen LogP contribution is -2.48. The average molecular weight is 331 g/mol. The van der Waals surface area contributed by atoms with Crippen molar-refractivity contribution in [1.82, 2.24) is 15.1 Å². The molecule has 0 radical (unpaired) electrons. The zero-order valence-electron chi connectivity index (χ0n) is 15.0. The number of nitrogens with one attached hydrogen (secondary N) is 1. The molecule has 0 atom stereocenters. The van der Waals surface area contributed by atoms with Crippen molar-refractivity contribution in [2.75, 3.05) is 26.2 Å². The molecule has 0 aliphatic carbocycles. The molecule has 0 unspecified atom stereocenters. The van der Waals surface area contributed by atoms with Gasteiger partial charge in [-0.1, -0.05) is 29.8 Å². The van der Waals surface area contributed by atoms with E-state index in [1.54, 1.807) is 0 Å². The van der Waals surface area contributed by atoms with Crippen molar-refractivity contribution in [3.63, 3.8) is 0 Å². The predicted octanol–water partition coefficient (Wildman–Crippen LogP) is 2.79. The fourth-order valence-electron chi connectivity index (χ4n) is 3.07. The topological polar surface area (TPSA) is 52.7 Å². The third-order valence-corrected chi connectivity index (χ3v) is 4.76. The molecular formula is C19H29N3O2. The van der Waals surface area contributed by atoms with Crippen molar-refractivity contribution in [2.45, 2.75) is 40.2 Å². The molecule has 0 aromatic heterocycles. The highest BCUT2D eigenvalue weighted by atomic mass is 16.2. The van der Waals surface area contributed by atoms with Gasteiger partial charge in [-0.25, -0.2) is 4.79 Å². The van der Waals surface area contributed by atoms with Gasteiger partial charge in [-0.15, -0.1) is 0 Å². The second kappa shape index (κ2) is 8.71. The minimum atomic E-state index is 0.0104. The molecule has 0 bridgehead atoms. The Balaban J connectivity index is 1.78. The molecule has 1 aromatic rings. The third-order valence-electron chi connectivity index (χ3n) is 4.76. The van der Waals surface area contributed by atoms with E-state index in [0.717, 1.165) is 31.5 Å². The summed E-state index contributed by atoms with van der Waals surface area (Å²) in [4.78, 5) is 28.4. The summed E-state index contributed by atoms with van der Waals surface area (Å²) >= 11 is 0. The number of nitrogens with zero attached hydrogens (tertiary/aromatic N) is 2. The van der Waals surface area contributed by atoms with Crippen LogP contribution in [0.25, 0.3) is 0 Å². The van der Waals surface area contributed by atoms with Gasteiger partial charge in [-0.05, 0) is 39.2 Å². The van der Waals surface area contributed by atoms with Crippen LogP contribution < -0.4 is 5.32 Å². The van der Waals surface area contributed by atoms with Gasteiger partial charge in [-0.2, -0.15) is 0 Å². The van der Waals surface area contributed by atoms with Gasteiger partial charge in [0.2, 0.25) is 5.91 Å². The van der Waals surface area contributed by atoms with E-state index in [0.29, 0.717) is 19.6 Å². The highest BCUT2D eigenvalue weighted by Gasteiger charge is 2.28. The Labute approximate surface area is 145 Å². The van der Waals surface area contributed by atoms with Gasteiger partial charge in [0.25, 0.3) is 0 Å². The molecule has 1 saturated heterocycles. The number of urea groups is 1. The molecular weight excluding hydrogens is 302 g/mol. The fraction of sp³-hybridized carbons (Fsp3) is 0.579. The van der Waals surface area contributed by atoms with Gasteiger partial charge < -0.3 is 15.1 Å². The van der Waals surface area contributed by atoms with Crippen LogP contribution in [0.2, 0.25) is 0 Å². The molecule has 1 fully saturated rings. The Bertz CT molecular complexity index is 544. The zero-order chi connectivity index (χ0) is 17.5. The van der Waals surface area contributed by atoms with Crippen LogP contribution in [0, 0.1) is 12.8 Å². The maximum absolute atomic E-state index is 12.3. The van der Waals surface area contributed by atoms with E-state index in [4.69, 9.17) is 0 Å². The van der Waals surface area contributed by atoms with E-state index in [1.165, 1.54) is 5.56 Å². The molecule has 0 saturated carbocycles. The lowest BCUT2D eigenvalue weighted by molar-refractivity contribution is -0.126. The van der Waals surface area contributed by atoms with Crippen molar-refractivity contribution in [3.8, 4) is 0 Å². The lowest BCUT2D eigenvalue weighted by atomic mass is 9.96. The van der Waals surface area contributed by atoms with Crippen LogP contribution in [0.3, 0.4) is 0 Å². The monoisotopic (exact) mass is 331 g/mol. The molecule has 1 aromatic carbocycles. The van der Waals surface area contributed by atoms with E-state index in [9.17, 15) is 9.59 Å². The number of benzene rings is 1. The number of aryl methyl sites for hydroxylation is 1. The number of likely N-dealkylation sites (tertiary alicyclic amines) is 1. The van der Waals surface area contributed by atoms with Crippen molar-refractivity contribution in [2.24, 2.45) is 5.92 Å². The second-order valence-electron chi connectivity index (χ2n) is 6.42. The highest BCUT2D eigenvalue weighted by molar-refractivity contribution is 5.79. The van der Waals surface area contributed by atoms with Gasteiger partial charge in [-0.3, -0.25) is 4.79 Å². The molecule has 5 heteroatoms. The summed E-state index contributed by atoms with van der Waals surface area (Å²) in [7, 11) is 0. The number of amides is 3. The van der Waals surface area contributed by atoms with E-state index in [1.807, 2.05) is 35.8 Å². The summed E-state index contributed by atoms with van der Waals surface area (Å²) in [6.07, 6.45) is 1.49. The van der Waals surface area contributed by atoms with Crippen LogP contribution in [0.1, 0.15) is 37.8 Å². The maximum atomic E-state index is 12.3. The molecule has 0 spiro atoms. The standard InChI is InChI=1S/C19H29N3O2/c1-4-21(5-2)19(24)22-12-10-17(11-13-22)18(23)20-14-16-8-6-15(3)7-9-16/h6-9,17H,4-5,10-14H2,1-3H3,(H,20,23). The molecule has 1 heterocycles. The smallest absolute Gasteiger partial charge is 0.319 e. The summed E-state index contributed by atoms with van der Waals surface area (Å²) in [6, 6.07) is 8.29. The van der Waals surface area contributed by atoms with Crippen molar-refractivity contribution in [1.29, 1.82) is 0 Å². The van der Waals surface area contributed by atoms with Crippen LogP contribution in [0.5, 0.6) is 0 Å². The van der Waals surface area contributed by atoms with Crippen molar-refractivity contribution >= 4 is 11.9 Å². The highest BCUT2D eigenvalue weighted by Crippen LogP contribution is 2.19. The van der Waals surface area contributed by atoms with E-state index in [2.05, 4.69) is 24.4 Å². The lowest BCUT2D eigenvalue weighted by Gasteiger charge is -2.34. The van der Waals surface area contributed by atoms with Crippen LogP contribution >= 0.6 is 0 Å². The Kier molecular flexibility index (Phi) is 6.64. The number of carbonyl (C=O) groups is 2. The molecule has 5 nitrogen and oxygen atoms in total. The summed E-state index contributed by atoms with van der Waals surface area (Å²) in [6.45, 7) is 9.39. The Morgan fingerprint density at radius 3 is 2.25 bits per heavy atom. The van der Waals surface area contributed by atoms with Gasteiger partial charge in [0.05, 0.1) is 0 Å².